The highest BCUT2D eigenvalue weighted by Crippen LogP contribution is 2.37. The molecule has 0 aliphatic heterocycles. The second-order valence-electron chi connectivity index (χ2n) is 6.85. The molecule has 8 heteroatoms. The molecule has 0 spiro atoms. The summed E-state index contributed by atoms with van der Waals surface area (Å²) in [5, 5.41) is 22.3. The van der Waals surface area contributed by atoms with Crippen molar-refractivity contribution in [1.29, 1.82) is 0 Å². The molecule has 1 saturated carbocycles. The van der Waals surface area contributed by atoms with Gasteiger partial charge in [0.05, 0.1) is 21.8 Å². The lowest BCUT2D eigenvalue weighted by Gasteiger charge is -2.17. The van der Waals surface area contributed by atoms with E-state index in [1.807, 2.05) is 0 Å². The molecule has 2 aromatic rings. The Balaban J connectivity index is 2.28. The molecule has 0 amide bonds. The van der Waals surface area contributed by atoms with Crippen LogP contribution in [0.5, 0.6) is 0 Å². The van der Waals surface area contributed by atoms with Gasteiger partial charge in [-0.3, -0.25) is 0 Å². The minimum Gasteiger partial charge on any atom is -0.478 e. The Hall–Kier alpha value is -2.87. The summed E-state index contributed by atoms with van der Waals surface area (Å²) in [5.74, 6) is -2.58. The summed E-state index contributed by atoms with van der Waals surface area (Å²) in [6.45, 7) is 3.12. The molecule has 0 atom stereocenters. The van der Waals surface area contributed by atoms with Crippen molar-refractivity contribution in [2.24, 2.45) is 0 Å². The van der Waals surface area contributed by atoms with Crippen LogP contribution in [0.3, 0.4) is 0 Å². The number of hydrogen-bond donors (Lipinski definition) is 3. The zero-order chi connectivity index (χ0) is 20.6. The summed E-state index contributed by atoms with van der Waals surface area (Å²) in [5.41, 5.74) is 1.45. The number of aryl methyl sites for hydroxylation is 1. The summed E-state index contributed by atoms with van der Waals surface area (Å²) in [6.07, 6.45) is 1.97. The number of rotatable bonds is 7. The lowest BCUT2D eigenvalue weighted by Crippen LogP contribution is -2.10. The second kappa shape index (κ2) is 7.27. The van der Waals surface area contributed by atoms with E-state index in [0.717, 1.165) is 18.9 Å². The Kier molecular flexibility index (Phi) is 5.16. The van der Waals surface area contributed by atoms with Gasteiger partial charge in [-0.05, 0) is 61.2 Å². The number of carboxylic acid groups (broad SMARTS) is 2. The Morgan fingerprint density at radius 1 is 1.04 bits per heavy atom. The number of carboxylic acids is 2. The molecule has 1 aliphatic carbocycles. The topological polar surface area (TPSA) is 121 Å². The Bertz CT molecular complexity index is 1070. The highest BCUT2D eigenvalue weighted by molar-refractivity contribution is 7.91. The average molecular weight is 403 g/mol. The second-order valence-corrected chi connectivity index (χ2v) is 9.13. The summed E-state index contributed by atoms with van der Waals surface area (Å²) < 4.78 is 24.7. The van der Waals surface area contributed by atoms with E-state index in [1.165, 1.54) is 18.2 Å². The molecule has 0 bridgehead atoms. The highest BCUT2D eigenvalue weighted by atomic mass is 32.2. The molecule has 0 radical (unpaired) electrons. The van der Waals surface area contributed by atoms with Gasteiger partial charge in [-0.2, -0.15) is 0 Å². The van der Waals surface area contributed by atoms with Crippen molar-refractivity contribution in [3.05, 3.63) is 47.0 Å². The minimum atomic E-state index is -3.49. The molecule has 2 aromatic carbocycles. The van der Waals surface area contributed by atoms with Gasteiger partial charge in [0.1, 0.15) is 0 Å². The van der Waals surface area contributed by atoms with Crippen LogP contribution >= 0.6 is 0 Å². The van der Waals surface area contributed by atoms with Gasteiger partial charge < -0.3 is 15.5 Å². The van der Waals surface area contributed by atoms with Crippen molar-refractivity contribution in [3.8, 4) is 11.1 Å². The molecule has 1 aliphatic rings. The van der Waals surface area contributed by atoms with Crippen molar-refractivity contribution in [1.82, 2.24) is 0 Å². The number of benzene rings is 2. The van der Waals surface area contributed by atoms with Gasteiger partial charge in [-0.15, -0.1) is 0 Å². The third-order valence-electron chi connectivity index (χ3n) is 4.78. The normalized spacial score (nSPS) is 13.9. The maximum Gasteiger partial charge on any atom is 0.336 e. The molecule has 28 heavy (non-hydrogen) atoms. The van der Waals surface area contributed by atoms with E-state index in [9.17, 15) is 28.2 Å². The van der Waals surface area contributed by atoms with E-state index in [2.05, 4.69) is 5.32 Å². The molecule has 3 N–H and O–H groups in total. The number of hydrogen-bond acceptors (Lipinski definition) is 5. The van der Waals surface area contributed by atoms with Gasteiger partial charge in [-0.1, -0.05) is 6.92 Å². The molecule has 1 fully saturated rings. The van der Waals surface area contributed by atoms with Crippen LogP contribution in [0.25, 0.3) is 11.1 Å². The van der Waals surface area contributed by atoms with Gasteiger partial charge in [0.15, 0.2) is 9.84 Å². The van der Waals surface area contributed by atoms with Crippen molar-refractivity contribution >= 4 is 27.5 Å². The van der Waals surface area contributed by atoms with Gasteiger partial charge >= 0.3 is 11.9 Å². The lowest BCUT2D eigenvalue weighted by molar-refractivity contribution is 0.0695. The van der Waals surface area contributed by atoms with Crippen LogP contribution in [-0.4, -0.2) is 42.4 Å². The predicted octanol–water partition coefficient (Wildman–Crippen LogP) is 3.43. The fourth-order valence-corrected chi connectivity index (χ4v) is 3.92. The maximum atomic E-state index is 12.3. The number of nitrogens with one attached hydrogen (secondary N) is 1. The van der Waals surface area contributed by atoms with Gasteiger partial charge in [-0.25, -0.2) is 18.0 Å². The summed E-state index contributed by atoms with van der Waals surface area (Å²) >= 11 is 0. The van der Waals surface area contributed by atoms with E-state index in [0.29, 0.717) is 16.8 Å². The van der Waals surface area contributed by atoms with Crippen LogP contribution in [0.4, 0.5) is 5.69 Å². The molecule has 3 rings (SSSR count). The zero-order valence-electron chi connectivity index (χ0n) is 15.5. The van der Waals surface area contributed by atoms with E-state index in [-0.39, 0.29) is 33.4 Å². The van der Waals surface area contributed by atoms with Crippen LogP contribution in [0.15, 0.2) is 35.2 Å². The third-order valence-corrected chi connectivity index (χ3v) is 6.51. The quantitative estimate of drug-likeness (QED) is 0.647. The number of aromatic carboxylic acids is 2. The van der Waals surface area contributed by atoms with Crippen molar-refractivity contribution in [3.63, 3.8) is 0 Å². The molecule has 148 valence electrons. The van der Waals surface area contributed by atoms with Crippen LogP contribution < -0.4 is 5.32 Å². The fourth-order valence-electron chi connectivity index (χ4n) is 3.02. The highest BCUT2D eigenvalue weighted by Gasteiger charge is 2.25. The monoisotopic (exact) mass is 403 g/mol. The number of anilines is 1. The summed E-state index contributed by atoms with van der Waals surface area (Å²) in [6, 6.07) is 7.49. The van der Waals surface area contributed by atoms with Gasteiger partial charge in [0, 0.05) is 17.3 Å². The minimum absolute atomic E-state index is 0.0788. The number of carbonyl (C=O) groups is 2. The smallest absolute Gasteiger partial charge is 0.336 e. The average Bonchev–Trinajstić information content (AvgIpc) is 3.45. The van der Waals surface area contributed by atoms with Crippen LogP contribution in [0.2, 0.25) is 0 Å². The van der Waals surface area contributed by atoms with Crippen molar-refractivity contribution in [2.45, 2.75) is 37.6 Å². The first-order valence-corrected chi connectivity index (χ1v) is 10.5. The third kappa shape index (κ3) is 3.87. The summed E-state index contributed by atoms with van der Waals surface area (Å²) in [4.78, 5) is 23.3. The molecule has 0 aromatic heterocycles. The van der Waals surface area contributed by atoms with Crippen molar-refractivity contribution < 1.29 is 28.2 Å². The molecule has 0 unspecified atom stereocenters. The van der Waals surface area contributed by atoms with E-state index < -0.39 is 21.8 Å². The zero-order valence-corrected chi connectivity index (χ0v) is 16.3. The van der Waals surface area contributed by atoms with Gasteiger partial charge in [0.25, 0.3) is 0 Å². The lowest BCUT2D eigenvalue weighted by atomic mass is 9.93. The first-order chi connectivity index (χ1) is 13.1. The van der Waals surface area contributed by atoms with Crippen LogP contribution in [0.1, 0.15) is 46.0 Å². The standard InChI is InChI=1S/C20H21NO6S/c1-3-28(26,27)13-6-7-18(21-12-4-5-12)16(9-13)15-8-11(2)14(19(22)23)10-17(15)20(24)25/h6-10,12,21H,3-5H2,1-2H3,(H,22,23)(H,24,25). The summed E-state index contributed by atoms with van der Waals surface area (Å²) in [7, 11) is -3.49. The first-order valence-electron chi connectivity index (χ1n) is 8.89. The Morgan fingerprint density at radius 3 is 2.21 bits per heavy atom. The number of sulfone groups is 1. The van der Waals surface area contributed by atoms with E-state index >= 15 is 0 Å². The maximum absolute atomic E-state index is 12.3. The molecular formula is C20H21NO6S. The molecule has 7 nitrogen and oxygen atoms in total. The Labute approximate surface area is 162 Å². The Morgan fingerprint density at radius 2 is 1.68 bits per heavy atom. The fraction of sp³-hybridized carbons (Fsp3) is 0.300. The predicted molar refractivity (Wildman–Crippen MR) is 105 cm³/mol. The molecule has 0 heterocycles. The molecule has 0 saturated heterocycles. The van der Waals surface area contributed by atoms with E-state index in [4.69, 9.17) is 0 Å². The van der Waals surface area contributed by atoms with E-state index in [1.54, 1.807) is 19.9 Å². The van der Waals surface area contributed by atoms with Gasteiger partial charge in [0.2, 0.25) is 0 Å². The molecular weight excluding hydrogens is 382 g/mol. The largest absolute Gasteiger partial charge is 0.478 e. The van der Waals surface area contributed by atoms with Crippen LogP contribution in [0, 0.1) is 6.92 Å². The SMILES string of the molecule is CCS(=O)(=O)c1ccc(NC2CC2)c(-c2cc(C)c(C(=O)O)cc2C(=O)O)c1. The first kappa shape index (κ1) is 19.9. The van der Waals surface area contributed by atoms with Crippen LogP contribution in [-0.2, 0) is 9.84 Å². The van der Waals surface area contributed by atoms with Crippen molar-refractivity contribution in [2.75, 3.05) is 11.1 Å².